The van der Waals surface area contributed by atoms with Gasteiger partial charge in [-0.15, -0.1) is 0 Å². The summed E-state index contributed by atoms with van der Waals surface area (Å²) in [5.74, 6) is -0.166. The van der Waals surface area contributed by atoms with Crippen molar-refractivity contribution < 1.29 is 9.59 Å². The fraction of sp³-hybridized carbons (Fsp3) is 0.467. The molecule has 0 bridgehead atoms. The lowest BCUT2D eigenvalue weighted by Gasteiger charge is -2.15. The quantitative estimate of drug-likeness (QED) is 0.898. The van der Waals surface area contributed by atoms with E-state index in [4.69, 9.17) is 0 Å². The molecule has 1 aliphatic rings. The van der Waals surface area contributed by atoms with Crippen molar-refractivity contribution in [2.75, 3.05) is 19.6 Å². The molecule has 1 saturated heterocycles. The van der Waals surface area contributed by atoms with Gasteiger partial charge in [-0.3, -0.25) is 9.59 Å². The SMILES string of the molecule is Cc1ccc(C(=O)NCC(=O)N2CCCC2)c(C)c1. The molecule has 0 radical (unpaired) electrons. The summed E-state index contributed by atoms with van der Waals surface area (Å²) in [7, 11) is 0. The molecule has 1 aromatic rings. The maximum atomic E-state index is 12.0. The van der Waals surface area contributed by atoms with E-state index in [2.05, 4.69) is 5.32 Å². The van der Waals surface area contributed by atoms with Crippen LogP contribution in [0.5, 0.6) is 0 Å². The highest BCUT2D eigenvalue weighted by Gasteiger charge is 2.18. The highest BCUT2D eigenvalue weighted by Crippen LogP contribution is 2.10. The van der Waals surface area contributed by atoms with Crippen LogP contribution in [0.3, 0.4) is 0 Å². The van der Waals surface area contributed by atoms with E-state index in [1.54, 1.807) is 6.07 Å². The standard InChI is InChI=1S/C15H20N2O2/c1-11-5-6-13(12(2)9-11)15(19)16-10-14(18)17-7-3-4-8-17/h5-6,9H,3-4,7-8,10H2,1-2H3,(H,16,19). The predicted octanol–water partition coefficient (Wildman–Crippen LogP) is 1.66. The number of likely N-dealkylation sites (tertiary alicyclic amines) is 1. The van der Waals surface area contributed by atoms with Gasteiger partial charge in [-0.2, -0.15) is 0 Å². The Bertz CT molecular complexity index is 491. The number of carbonyl (C=O) groups excluding carboxylic acids is 2. The summed E-state index contributed by atoms with van der Waals surface area (Å²) in [6.07, 6.45) is 2.13. The Labute approximate surface area is 113 Å². The van der Waals surface area contributed by atoms with Gasteiger partial charge in [0.2, 0.25) is 5.91 Å². The monoisotopic (exact) mass is 260 g/mol. The third kappa shape index (κ3) is 3.34. The Balaban J connectivity index is 1.92. The number of hydrogen-bond acceptors (Lipinski definition) is 2. The second kappa shape index (κ2) is 5.87. The van der Waals surface area contributed by atoms with E-state index >= 15 is 0 Å². The van der Waals surface area contributed by atoms with E-state index in [1.807, 2.05) is 30.9 Å². The normalized spacial score (nSPS) is 14.5. The minimum atomic E-state index is -0.176. The number of nitrogens with zero attached hydrogens (tertiary/aromatic N) is 1. The minimum Gasteiger partial charge on any atom is -0.343 e. The lowest BCUT2D eigenvalue weighted by molar-refractivity contribution is -0.129. The summed E-state index contributed by atoms with van der Waals surface area (Å²) in [5, 5.41) is 2.71. The zero-order valence-corrected chi connectivity index (χ0v) is 11.5. The van der Waals surface area contributed by atoms with Crippen LogP contribution in [-0.4, -0.2) is 36.3 Å². The first-order chi connectivity index (χ1) is 9.08. The first kappa shape index (κ1) is 13.6. The van der Waals surface area contributed by atoms with Crippen molar-refractivity contribution in [3.63, 3.8) is 0 Å². The van der Waals surface area contributed by atoms with Crippen LogP contribution in [-0.2, 0) is 4.79 Å². The summed E-state index contributed by atoms with van der Waals surface area (Å²) in [5.41, 5.74) is 2.70. The lowest BCUT2D eigenvalue weighted by atomic mass is 10.1. The second-order valence-electron chi connectivity index (χ2n) is 5.09. The molecular weight excluding hydrogens is 240 g/mol. The van der Waals surface area contributed by atoms with Crippen LogP contribution in [0.15, 0.2) is 18.2 Å². The third-order valence-corrected chi connectivity index (χ3v) is 3.49. The summed E-state index contributed by atoms with van der Waals surface area (Å²) in [6.45, 7) is 5.62. The molecule has 0 atom stereocenters. The molecule has 2 rings (SSSR count). The largest absolute Gasteiger partial charge is 0.343 e. The smallest absolute Gasteiger partial charge is 0.251 e. The zero-order chi connectivity index (χ0) is 13.8. The van der Waals surface area contributed by atoms with E-state index in [9.17, 15) is 9.59 Å². The summed E-state index contributed by atoms with van der Waals surface area (Å²) in [6, 6.07) is 5.68. The molecule has 0 unspecified atom stereocenters. The molecular formula is C15H20N2O2. The molecule has 0 saturated carbocycles. The van der Waals surface area contributed by atoms with Gasteiger partial charge in [-0.25, -0.2) is 0 Å². The molecule has 0 aromatic heterocycles. The highest BCUT2D eigenvalue weighted by molar-refractivity contribution is 5.97. The van der Waals surface area contributed by atoms with E-state index in [1.165, 1.54) is 0 Å². The van der Waals surface area contributed by atoms with Crippen molar-refractivity contribution in [2.45, 2.75) is 26.7 Å². The minimum absolute atomic E-state index is 0.00983. The number of rotatable bonds is 3. The van der Waals surface area contributed by atoms with Gasteiger partial charge in [-0.05, 0) is 38.3 Å². The molecule has 1 aliphatic heterocycles. The Hall–Kier alpha value is -1.84. The van der Waals surface area contributed by atoms with Crippen molar-refractivity contribution in [3.8, 4) is 0 Å². The van der Waals surface area contributed by atoms with Crippen LogP contribution >= 0.6 is 0 Å². The van der Waals surface area contributed by atoms with Crippen LogP contribution in [0.4, 0.5) is 0 Å². The van der Waals surface area contributed by atoms with Gasteiger partial charge in [0, 0.05) is 18.7 Å². The van der Waals surface area contributed by atoms with E-state index < -0.39 is 0 Å². The number of aryl methyl sites for hydroxylation is 2. The summed E-state index contributed by atoms with van der Waals surface area (Å²) >= 11 is 0. The molecule has 1 N–H and O–H groups in total. The highest BCUT2D eigenvalue weighted by atomic mass is 16.2. The third-order valence-electron chi connectivity index (χ3n) is 3.49. The van der Waals surface area contributed by atoms with Gasteiger partial charge in [0.1, 0.15) is 0 Å². The Kier molecular flexibility index (Phi) is 4.20. The average molecular weight is 260 g/mol. The second-order valence-corrected chi connectivity index (χ2v) is 5.09. The van der Waals surface area contributed by atoms with Crippen LogP contribution < -0.4 is 5.32 Å². The summed E-state index contributed by atoms with van der Waals surface area (Å²) in [4.78, 5) is 25.7. The molecule has 4 nitrogen and oxygen atoms in total. The van der Waals surface area contributed by atoms with Gasteiger partial charge >= 0.3 is 0 Å². The first-order valence-corrected chi connectivity index (χ1v) is 6.71. The molecule has 19 heavy (non-hydrogen) atoms. The average Bonchev–Trinajstić information content (AvgIpc) is 2.89. The van der Waals surface area contributed by atoms with Gasteiger partial charge in [0.25, 0.3) is 5.91 Å². The molecule has 0 spiro atoms. The fourth-order valence-electron chi connectivity index (χ4n) is 2.40. The van der Waals surface area contributed by atoms with E-state index in [0.29, 0.717) is 5.56 Å². The van der Waals surface area contributed by atoms with Crippen LogP contribution in [0.25, 0.3) is 0 Å². The molecule has 2 amide bonds. The molecule has 1 aromatic carbocycles. The Morgan fingerprint density at radius 2 is 1.89 bits per heavy atom. The fourth-order valence-corrected chi connectivity index (χ4v) is 2.40. The van der Waals surface area contributed by atoms with Gasteiger partial charge in [0.15, 0.2) is 0 Å². The Morgan fingerprint density at radius 1 is 1.21 bits per heavy atom. The first-order valence-electron chi connectivity index (χ1n) is 6.71. The number of amides is 2. The van der Waals surface area contributed by atoms with Crippen molar-refractivity contribution in [2.24, 2.45) is 0 Å². The van der Waals surface area contributed by atoms with Gasteiger partial charge < -0.3 is 10.2 Å². The van der Waals surface area contributed by atoms with E-state index in [-0.39, 0.29) is 18.4 Å². The lowest BCUT2D eigenvalue weighted by Crippen LogP contribution is -2.38. The molecule has 1 fully saturated rings. The molecule has 1 heterocycles. The van der Waals surface area contributed by atoms with Crippen molar-refractivity contribution in [1.29, 1.82) is 0 Å². The number of carbonyl (C=O) groups is 2. The van der Waals surface area contributed by atoms with Crippen molar-refractivity contribution >= 4 is 11.8 Å². The molecule has 0 aliphatic carbocycles. The molecule has 102 valence electrons. The number of hydrogen-bond donors (Lipinski definition) is 1. The van der Waals surface area contributed by atoms with Gasteiger partial charge in [0.05, 0.1) is 6.54 Å². The predicted molar refractivity (Wildman–Crippen MR) is 74.1 cm³/mol. The zero-order valence-electron chi connectivity index (χ0n) is 11.5. The van der Waals surface area contributed by atoms with Crippen LogP contribution in [0.1, 0.15) is 34.3 Å². The van der Waals surface area contributed by atoms with Crippen LogP contribution in [0.2, 0.25) is 0 Å². The van der Waals surface area contributed by atoms with Crippen molar-refractivity contribution in [1.82, 2.24) is 10.2 Å². The maximum absolute atomic E-state index is 12.0. The topological polar surface area (TPSA) is 49.4 Å². The number of benzene rings is 1. The van der Waals surface area contributed by atoms with Crippen molar-refractivity contribution in [3.05, 3.63) is 34.9 Å². The number of nitrogens with one attached hydrogen (secondary N) is 1. The summed E-state index contributed by atoms with van der Waals surface area (Å²) < 4.78 is 0. The van der Waals surface area contributed by atoms with Gasteiger partial charge in [-0.1, -0.05) is 17.7 Å². The van der Waals surface area contributed by atoms with Crippen LogP contribution in [0, 0.1) is 13.8 Å². The maximum Gasteiger partial charge on any atom is 0.251 e. The van der Waals surface area contributed by atoms with E-state index in [0.717, 1.165) is 37.1 Å². The molecule has 4 heteroatoms. The Morgan fingerprint density at radius 3 is 2.53 bits per heavy atom.